The number of fused-ring (bicyclic) bond motifs is 3. The van der Waals surface area contributed by atoms with Crippen molar-refractivity contribution in [3.63, 3.8) is 0 Å². The van der Waals surface area contributed by atoms with Crippen LogP contribution in [0.4, 0.5) is 4.79 Å². The summed E-state index contributed by atoms with van der Waals surface area (Å²) < 4.78 is 5.44. The number of benzene rings is 2. The summed E-state index contributed by atoms with van der Waals surface area (Å²) in [6, 6.07) is 18.5. The zero-order valence-electron chi connectivity index (χ0n) is 17.2. The van der Waals surface area contributed by atoms with Gasteiger partial charge < -0.3 is 15.2 Å². The maximum absolute atomic E-state index is 12.4. The lowest BCUT2D eigenvalue weighted by atomic mass is 9.98. The van der Waals surface area contributed by atoms with Crippen LogP contribution in [0.1, 0.15) is 34.6 Å². The van der Waals surface area contributed by atoms with E-state index in [9.17, 15) is 14.7 Å². The Labute approximate surface area is 185 Å². The van der Waals surface area contributed by atoms with Gasteiger partial charge in [0.25, 0.3) is 0 Å². The number of aromatic nitrogens is 1. The molecule has 1 atom stereocenters. The van der Waals surface area contributed by atoms with Crippen LogP contribution in [-0.2, 0) is 16.0 Å². The number of pyridine rings is 1. The van der Waals surface area contributed by atoms with Gasteiger partial charge in [-0.3, -0.25) is 4.98 Å². The molecule has 32 heavy (non-hydrogen) atoms. The first-order chi connectivity index (χ1) is 15.6. The predicted molar refractivity (Wildman–Crippen MR) is 117 cm³/mol. The first-order valence-electron chi connectivity index (χ1n) is 10.2. The Morgan fingerprint density at radius 2 is 1.75 bits per heavy atom. The van der Waals surface area contributed by atoms with Crippen molar-refractivity contribution in [2.45, 2.75) is 24.8 Å². The molecule has 1 amide bonds. The normalized spacial score (nSPS) is 12.8. The number of carbonyl (C=O) groups is 2. The molecule has 0 aliphatic heterocycles. The van der Waals surface area contributed by atoms with Gasteiger partial charge in [-0.2, -0.15) is 5.26 Å². The van der Waals surface area contributed by atoms with E-state index in [4.69, 9.17) is 10.00 Å². The number of aliphatic carboxylic acids is 1. The number of hydrogen-bond acceptors (Lipinski definition) is 5. The fraction of sp³-hybridized carbons (Fsp3) is 0.200. The second-order valence-corrected chi connectivity index (χ2v) is 7.59. The number of carboxylic acids is 1. The molecule has 0 unspecified atom stereocenters. The number of nitrogens with zero attached hydrogens (tertiary/aromatic N) is 2. The molecule has 1 aliphatic rings. The number of rotatable bonds is 7. The monoisotopic (exact) mass is 427 g/mol. The van der Waals surface area contributed by atoms with Crippen LogP contribution in [0.2, 0.25) is 0 Å². The molecule has 0 fully saturated rings. The standard InChI is InChI=1S/C25H21N3O4/c26-12-17-11-16(13-27-14-17)9-10-23(24(29)30)28-25(31)32-15-22-20-7-3-1-5-18(20)19-6-2-4-8-21(19)22/h1-8,11,13-14,22-23H,9-10,15H2,(H,28,31)(H,29,30)/t23-/m0/s1. The Kier molecular flexibility index (Phi) is 6.13. The van der Waals surface area contributed by atoms with Gasteiger partial charge in [0.2, 0.25) is 0 Å². The van der Waals surface area contributed by atoms with Crippen molar-refractivity contribution in [1.29, 1.82) is 5.26 Å². The maximum atomic E-state index is 12.4. The van der Waals surface area contributed by atoms with E-state index in [1.54, 1.807) is 12.3 Å². The number of nitrogens with one attached hydrogen (secondary N) is 1. The molecule has 0 radical (unpaired) electrons. The van der Waals surface area contributed by atoms with Gasteiger partial charge in [-0.1, -0.05) is 48.5 Å². The molecule has 0 bridgehead atoms. The minimum atomic E-state index is -1.15. The molecule has 7 nitrogen and oxygen atoms in total. The summed E-state index contributed by atoms with van der Waals surface area (Å²) >= 11 is 0. The van der Waals surface area contributed by atoms with E-state index in [1.165, 1.54) is 6.20 Å². The third-order valence-electron chi connectivity index (χ3n) is 5.58. The van der Waals surface area contributed by atoms with Crippen LogP contribution in [0, 0.1) is 11.3 Å². The summed E-state index contributed by atoms with van der Waals surface area (Å²) in [6.07, 6.45) is 2.74. The fourth-order valence-electron chi connectivity index (χ4n) is 4.04. The van der Waals surface area contributed by atoms with E-state index in [0.717, 1.165) is 27.8 Å². The maximum Gasteiger partial charge on any atom is 0.407 e. The number of carbonyl (C=O) groups excluding carboxylic acids is 1. The van der Waals surface area contributed by atoms with E-state index >= 15 is 0 Å². The predicted octanol–water partition coefficient (Wildman–Crippen LogP) is 3.88. The lowest BCUT2D eigenvalue weighted by Crippen LogP contribution is -2.41. The highest BCUT2D eigenvalue weighted by atomic mass is 16.5. The molecule has 7 heteroatoms. The summed E-state index contributed by atoms with van der Waals surface area (Å²) in [5.41, 5.74) is 5.54. The summed E-state index contributed by atoms with van der Waals surface area (Å²) in [4.78, 5) is 28.0. The SMILES string of the molecule is N#Cc1cncc(CC[C@H](NC(=O)OCC2c3ccccc3-c3ccccc32)C(=O)O)c1. The number of carboxylic acid groups (broad SMARTS) is 1. The van der Waals surface area contributed by atoms with E-state index in [2.05, 4.69) is 10.3 Å². The molecule has 4 rings (SSSR count). The van der Waals surface area contributed by atoms with Crippen molar-refractivity contribution in [2.24, 2.45) is 0 Å². The molecule has 0 saturated heterocycles. The zero-order valence-corrected chi connectivity index (χ0v) is 17.2. The highest BCUT2D eigenvalue weighted by Crippen LogP contribution is 2.44. The van der Waals surface area contributed by atoms with Crippen LogP contribution in [0.5, 0.6) is 0 Å². The van der Waals surface area contributed by atoms with Gasteiger partial charge in [-0.05, 0) is 46.7 Å². The third kappa shape index (κ3) is 4.44. The van der Waals surface area contributed by atoms with Crippen molar-refractivity contribution < 1.29 is 19.4 Å². The van der Waals surface area contributed by atoms with Crippen LogP contribution in [-0.4, -0.2) is 34.8 Å². The minimum Gasteiger partial charge on any atom is -0.480 e. The first-order valence-corrected chi connectivity index (χ1v) is 10.2. The number of hydrogen-bond donors (Lipinski definition) is 2. The van der Waals surface area contributed by atoms with Crippen molar-refractivity contribution >= 4 is 12.1 Å². The number of ether oxygens (including phenoxy) is 1. The van der Waals surface area contributed by atoms with Gasteiger partial charge in [0.1, 0.15) is 18.7 Å². The summed E-state index contributed by atoms with van der Waals surface area (Å²) in [5.74, 6) is -1.25. The van der Waals surface area contributed by atoms with Gasteiger partial charge in [0, 0.05) is 18.3 Å². The molecular weight excluding hydrogens is 406 g/mol. The molecule has 1 heterocycles. The van der Waals surface area contributed by atoms with E-state index < -0.39 is 18.1 Å². The van der Waals surface area contributed by atoms with Crippen molar-refractivity contribution in [2.75, 3.05) is 6.61 Å². The average Bonchev–Trinajstić information content (AvgIpc) is 3.14. The lowest BCUT2D eigenvalue weighted by molar-refractivity contribution is -0.139. The Hall–Kier alpha value is -4.18. The molecule has 1 aliphatic carbocycles. The fourth-order valence-corrected chi connectivity index (χ4v) is 4.04. The third-order valence-corrected chi connectivity index (χ3v) is 5.58. The minimum absolute atomic E-state index is 0.101. The highest BCUT2D eigenvalue weighted by molar-refractivity contribution is 5.81. The lowest BCUT2D eigenvalue weighted by Gasteiger charge is -2.17. The van der Waals surface area contributed by atoms with Gasteiger partial charge >= 0.3 is 12.1 Å². The van der Waals surface area contributed by atoms with Crippen molar-refractivity contribution in [3.05, 3.63) is 89.2 Å². The topological polar surface area (TPSA) is 112 Å². The summed E-state index contributed by atoms with van der Waals surface area (Å²) in [6.45, 7) is 0.111. The molecule has 160 valence electrons. The Balaban J connectivity index is 1.38. The second kappa shape index (κ2) is 9.31. The van der Waals surface area contributed by atoms with Gasteiger partial charge in [0.15, 0.2) is 0 Å². The largest absolute Gasteiger partial charge is 0.480 e. The quantitative estimate of drug-likeness (QED) is 0.592. The summed E-state index contributed by atoms with van der Waals surface area (Å²) in [7, 11) is 0. The number of alkyl carbamates (subject to hydrolysis) is 1. The average molecular weight is 427 g/mol. The van der Waals surface area contributed by atoms with Crippen LogP contribution < -0.4 is 5.32 Å². The van der Waals surface area contributed by atoms with E-state index in [-0.39, 0.29) is 18.9 Å². The van der Waals surface area contributed by atoms with Crippen LogP contribution in [0.25, 0.3) is 11.1 Å². The van der Waals surface area contributed by atoms with Crippen molar-refractivity contribution in [1.82, 2.24) is 10.3 Å². The van der Waals surface area contributed by atoms with Gasteiger partial charge in [0.05, 0.1) is 5.56 Å². The van der Waals surface area contributed by atoms with Gasteiger partial charge in [-0.25, -0.2) is 9.59 Å². The Morgan fingerprint density at radius 3 is 2.38 bits per heavy atom. The number of aryl methyl sites for hydroxylation is 1. The Bertz CT molecular complexity index is 1160. The van der Waals surface area contributed by atoms with Crippen molar-refractivity contribution in [3.8, 4) is 17.2 Å². The Morgan fingerprint density at radius 1 is 1.09 bits per heavy atom. The molecule has 0 saturated carbocycles. The van der Waals surface area contributed by atoms with Crippen LogP contribution >= 0.6 is 0 Å². The molecule has 3 aromatic rings. The number of amides is 1. The van der Waals surface area contributed by atoms with Crippen LogP contribution in [0.15, 0.2) is 67.0 Å². The van der Waals surface area contributed by atoms with E-state index in [1.807, 2.05) is 54.6 Å². The smallest absolute Gasteiger partial charge is 0.407 e. The van der Waals surface area contributed by atoms with Crippen LogP contribution in [0.3, 0.4) is 0 Å². The second-order valence-electron chi connectivity index (χ2n) is 7.59. The molecule has 2 aromatic carbocycles. The molecule has 1 aromatic heterocycles. The highest BCUT2D eigenvalue weighted by Gasteiger charge is 2.29. The van der Waals surface area contributed by atoms with E-state index in [0.29, 0.717) is 12.0 Å². The first kappa shape index (κ1) is 21.1. The zero-order chi connectivity index (χ0) is 22.5. The molecule has 0 spiro atoms. The number of nitriles is 1. The molecular formula is C25H21N3O4. The summed E-state index contributed by atoms with van der Waals surface area (Å²) in [5, 5.41) is 20.9. The van der Waals surface area contributed by atoms with Gasteiger partial charge in [-0.15, -0.1) is 0 Å². The molecule has 2 N–H and O–H groups in total.